The van der Waals surface area contributed by atoms with Gasteiger partial charge in [0.05, 0.1) is 39.9 Å². The van der Waals surface area contributed by atoms with Crippen molar-refractivity contribution < 1.29 is 32.9 Å². The van der Waals surface area contributed by atoms with Gasteiger partial charge in [0.2, 0.25) is 5.91 Å². The Morgan fingerprint density at radius 1 is 0.449 bits per heavy atom. The molecule has 0 spiro atoms. The third-order valence-electron chi connectivity index (χ3n) is 13.7. The van der Waals surface area contributed by atoms with Gasteiger partial charge >= 0.3 is 7.82 Å². The van der Waals surface area contributed by atoms with Crippen LogP contribution in [0, 0.1) is 0 Å². The fourth-order valence-corrected chi connectivity index (χ4v) is 9.48. The average molecular weight is 1110 g/mol. The smallest absolute Gasteiger partial charge is 0.387 e. The maximum absolute atomic E-state index is 13.0. The predicted molar refractivity (Wildman–Crippen MR) is 341 cm³/mol. The highest BCUT2D eigenvalue weighted by Gasteiger charge is 2.27. The molecule has 8 nitrogen and oxygen atoms in total. The van der Waals surface area contributed by atoms with Gasteiger partial charge in [-0.25, -0.2) is 4.57 Å². The quantitative estimate of drug-likeness (QED) is 0.0243. The van der Waals surface area contributed by atoms with Crippen LogP contribution >= 0.6 is 7.82 Å². The number of likely N-dealkylation sites (N-methyl/N-ethyl adjacent to an activating group) is 1. The molecule has 0 saturated carbocycles. The molecule has 448 valence electrons. The average Bonchev–Trinajstić information content (AvgIpc) is 3.41. The number of allylic oxidation sites excluding steroid dienone is 19. The molecule has 1 amide bonds. The summed E-state index contributed by atoms with van der Waals surface area (Å²) in [4.78, 5) is 23.4. The molecule has 0 saturated heterocycles. The monoisotopic (exact) mass is 1110 g/mol. The normalized spacial score (nSPS) is 14.6. The van der Waals surface area contributed by atoms with Crippen molar-refractivity contribution in [1.29, 1.82) is 0 Å². The number of unbranched alkanes of at least 4 members (excludes halogenated alkanes) is 26. The highest BCUT2D eigenvalue weighted by molar-refractivity contribution is 7.47. The van der Waals surface area contributed by atoms with E-state index in [4.69, 9.17) is 9.05 Å². The number of carbonyl (C=O) groups is 1. The largest absolute Gasteiger partial charge is 0.472 e. The summed E-state index contributed by atoms with van der Waals surface area (Å²) in [5.41, 5.74) is 0. The zero-order valence-electron chi connectivity index (χ0n) is 51.1. The molecule has 3 N–H and O–H groups in total. The summed E-state index contributed by atoms with van der Waals surface area (Å²) in [5, 5.41) is 14.0. The number of aliphatic hydroxyl groups excluding tert-OH is 1. The molecule has 0 fully saturated rings. The number of nitrogens with zero attached hydrogens (tertiary/aromatic N) is 1. The summed E-state index contributed by atoms with van der Waals surface area (Å²) in [6.45, 7) is 4.68. The number of aliphatic hydroxyl groups is 1. The lowest BCUT2D eigenvalue weighted by Gasteiger charge is -2.25. The fourth-order valence-electron chi connectivity index (χ4n) is 8.74. The van der Waals surface area contributed by atoms with Crippen molar-refractivity contribution >= 4 is 13.7 Å². The lowest BCUT2D eigenvalue weighted by molar-refractivity contribution is -0.870. The van der Waals surface area contributed by atoms with Gasteiger partial charge in [0.15, 0.2) is 0 Å². The molecule has 0 bridgehead atoms. The van der Waals surface area contributed by atoms with Crippen molar-refractivity contribution in [2.75, 3.05) is 40.9 Å². The van der Waals surface area contributed by atoms with E-state index in [0.717, 1.165) is 103 Å². The van der Waals surface area contributed by atoms with E-state index < -0.39 is 20.0 Å². The second-order valence-electron chi connectivity index (χ2n) is 22.4. The van der Waals surface area contributed by atoms with Crippen molar-refractivity contribution in [1.82, 2.24) is 5.32 Å². The van der Waals surface area contributed by atoms with Crippen molar-refractivity contribution in [2.45, 2.75) is 270 Å². The minimum atomic E-state index is -4.37. The third-order valence-corrected chi connectivity index (χ3v) is 14.7. The van der Waals surface area contributed by atoms with Crippen LogP contribution in [0.25, 0.3) is 0 Å². The van der Waals surface area contributed by atoms with Gasteiger partial charge in [-0.2, -0.15) is 0 Å². The predicted octanol–water partition coefficient (Wildman–Crippen LogP) is 20.1. The Balaban J connectivity index is 4.28. The second kappa shape index (κ2) is 58.6. The minimum absolute atomic E-state index is 0.0483. The van der Waals surface area contributed by atoms with Crippen LogP contribution in [0.1, 0.15) is 258 Å². The van der Waals surface area contributed by atoms with Crippen LogP contribution in [0.15, 0.2) is 122 Å². The van der Waals surface area contributed by atoms with Gasteiger partial charge in [-0.05, 0) is 89.9 Å². The summed E-state index contributed by atoms with van der Waals surface area (Å²) >= 11 is 0. The van der Waals surface area contributed by atoms with Crippen molar-refractivity contribution in [2.24, 2.45) is 0 Å². The lowest BCUT2D eigenvalue weighted by Crippen LogP contribution is -2.45. The summed E-state index contributed by atoms with van der Waals surface area (Å²) in [6, 6.07) is -0.875. The molecular formula is C69H122N2O6P+. The number of amides is 1. The number of hydrogen-bond acceptors (Lipinski definition) is 5. The molecule has 0 aliphatic rings. The standard InChI is InChI=1S/C69H121N2O6P/c1-6-8-10-12-14-16-18-20-22-24-26-28-30-32-33-34-35-36-37-39-41-43-45-47-49-51-53-55-57-59-61-63-69(73)70-67(66-77-78(74,75)76-65-64-71(3,4)5)68(72)62-60-58-56-54-52-50-48-46-44-42-40-38-31-29-27-25-23-21-19-17-15-13-11-9-7-2/h8,10,14,16,20,22,26,28,32-33,35-36,39,41,45,47,51,53,60,62,67-68,72H,6-7,9,11-13,15,17-19,21,23-25,27,29-31,34,37-38,40,42-44,46,48-50,52,54-59,61,63-66H2,1-5H3,(H-,70,73,74,75)/p+1/b10-8-,16-14-,22-20-,28-26-,33-32-,36-35-,41-39-,47-45-,53-51-,62-60+. The van der Waals surface area contributed by atoms with E-state index in [0.29, 0.717) is 17.4 Å². The number of quaternary nitrogens is 1. The Bertz CT molecular complexity index is 1680. The third kappa shape index (κ3) is 60.5. The highest BCUT2D eigenvalue weighted by atomic mass is 31.2. The Labute approximate surface area is 482 Å². The Kier molecular flexibility index (Phi) is 56.2. The molecule has 0 aromatic heterocycles. The van der Waals surface area contributed by atoms with Gasteiger partial charge in [0.25, 0.3) is 0 Å². The number of rotatable bonds is 57. The molecule has 3 unspecified atom stereocenters. The van der Waals surface area contributed by atoms with Gasteiger partial charge in [0.1, 0.15) is 13.2 Å². The van der Waals surface area contributed by atoms with Crippen LogP contribution in [-0.2, 0) is 18.4 Å². The van der Waals surface area contributed by atoms with E-state index >= 15 is 0 Å². The van der Waals surface area contributed by atoms with Crippen LogP contribution in [0.2, 0.25) is 0 Å². The van der Waals surface area contributed by atoms with Crippen molar-refractivity contribution in [3.8, 4) is 0 Å². The molecule has 78 heavy (non-hydrogen) atoms. The number of hydrogen-bond donors (Lipinski definition) is 3. The molecule has 0 aromatic carbocycles. The maximum Gasteiger partial charge on any atom is 0.472 e. The Morgan fingerprint density at radius 3 is 1.13 bits per heavy atom. The summed E-state index contributed by atoms with van der Waals surface area (Å²) < 4.78 is 23.7. The van der Waals surface area contributed by atoms with Gasteiger partial charge in [-0.3, -0.25) is 13.8 Å². The molecule has 0 aliphatic heterocycles. The van der Waals surface area contributed by atoms with Crippen molar-refractivity contribution in [3.05, 3.63) is 122 Å². The van der Waals surface area contributed by atoms with E-state index in [1.807, 2.05) is 27.2 Å². The van der Waals surface area contributed by atoms with Crippen LogP contribution in [0.5, 0.6) is 0 Å². The molecule has 0 aliphatic carbocycles. The minimum Gasteiger partial charge on any atom is -0.387 e. The highest BCUT2D eigenvalue weighted by Crippen LogP contribution is 2.43. The van der Waals surface area contributed by atoms with Crippen LogP contribution < -0.4 is 5.32 Å². The number of phosphoric ester groups is 1. The first kappa shape index (κ1) is 74.9. The van der Waals surface area contributed by atoms with E-state index in [-0.39, 0.29) is 19.1 Å². The SMILES string of the molecule is CC/C=C\C/C=C\C/C=C\C/C=C\C/C=C\C/C=C\C/C=C\C/C=C\C/C=C\CCCCCC(=O)NC(COP(=O)(O)OCC[N+](C)(C)C)C(O)/C=C/CCCCCCCCCCCCCCCCCCCCCCCCC. The fraction of sp³-hybridized carbons (Fsp3) is 0.696. The number of nitrogens with one attached hydrogen (secondary N) is 1. The van der Waals surface area contributed by atoms with Crippen LogP contribution in [0.3, 0.4) is 0 Å². The van der Waals surface area contributed by atoms with E-state index in [2.05, 4.69) is 129 Å². The molecule has 0 heterocycles. The van der Waals surface area contributed by atoms with Gasteiger partial charge in [0, 0.05) is 6.42 Å². The van der Waals surface area contributed by atoms with E-state index in [1.54, 1.807) is 6.08 Å². The molecule has 3 atom stereocenters. The molecule has 0 radical (unpaired) electrons. The molecular weight excluding hydrogens is 984 g/mol. The first-order valence-electron chi connectivity index (χ1n) is 31.9. The zero-order chi connectivity index (χ0) is 57.0. The number of carbonyl (C=O) groups excluding carboxylic acids is 1. The molecule has 9 heteroatoms. The zero-order valence-corrected chi connectivity index (χ0v) is 52.0. The summed E-state index contributed by atoms with van der Waals surface area (Å²) in [7, 11) is 1.54. The van der Waals surface area contributed by atoms with E-state index in [9.17, 15) is 19.4 Å². The van der Waals surface area contributed by atoms with Crippen molar-refractivity contribution in [3.63, 3.8) is 0 Å². The second-order valence-corrected chi connectivity index (χ2v) is 23.9. The van der Waals surface area contributed by atoms with Gasteiger partial charge in [-0.1, -0.05) is 283 Å². The Morgan fingerprint density at radius 2 is 0.769 bits per heavy atom. The summed E-state index contributed by atoms with van der Waals surface area (Å²) in [5.74, 6) is -0.211. The topological polar surface area (TPSA) is 105 Å². The van der Waals surface area contributed by atoms with Gasteiger partial charge in [-0.15, -0.1) is 0 Å². The van der Waals surface area contributed by atoms with Gasteiger partial charge < -0.3 is 19.8 Å². The number of phosphoric acid groups is 1. The summed E-state index contributed by atoms with van der Waals surface area (Å²) in [6.07, 6.45) is 87.4. The first-order valence-corrected chi connectivity index (χ1v) is 33.4. The van der Waals surface area contributed by atoms with Crippen LogP contribution in [0.4, 0.5) is 0 Å². The van der Waals surface area contributed by atoms with Crippen LogP contribution in [-0.4, -0.2) is 73.4 Å². The Hall–Kier alpha value is -3.10. The lowest BCUT2D eigenvalue weighted by atomic mass is 10.0. The maximum atomic E-state index is 13.0. The molecule has 0 rings (SSSR count). The molecule has 0 aromatic rings. The van der Waals surface area contributed by atoms with E-state index in [1.165, 1.54) is 135 Å². The first-order chi connectivity index (χ1) is 38.0.